The van der Waals surface area contributed by atoms with E-state index in [1.807, 2.05) is 42.2 Å². The van der Waals surface area contributed by atoms with Crippen molar-refractivity contribution >= 4 is 46.4 Å². The Balaban J connectivity index is 1.54. The van der Waals surface area contributed by atoms with Crippen LogP contribution >= 0.6 is 23.2 Å². The van der Waals surface area contributed by atoms with E-state index in [1.54, 1.807) is 16.7 Å². The molecule has 1 aliphatic carbocycles. The number of halogens is 2. The number of ether oxygens (including phenoxy) is 1. The molecule has 3 aliphatic rings. The summed E-state index contributed by atoms with van der Waals surface area (Å²) in [6.45, 7) is 5.20. The first kappa shape index (κ1) is 19.8. The van der Waals surface area contributed by atoms with Crippen molar-refractivity contribution in [2.45, 2.75) is 36.7 Å². The van der Waals surface area contributed by atoms with Crippen LogP contribution in [0.2, 0.25) is 0 Å². The van der Waals surface area contributed by atoms with Crippen LogP contribution in [0, 0.1) is 5.92 Å². The van der Waals surface area contributed by atoms with Gasteiger partial charge in [0, 0.05) is 25.2 Å². The van der Waals surface area contributed by atoms with Crippen LogP contribution in [0.1, 0.15) is 26.3 Å². The van der Waals surface area contributed by atoms with E-state index in [2.05, 4.69) is 5.10 Å². The van der Waals surface area contributed by atoms with Gasteiger partial charge in [0.15, 0.2) is 0 Å². The third-order valence-electron chi connectivity index (χ3n) is 6.07. The van der Waals surface area contributed by atoms with Crippen LogP contribution < -0.4 is 9.80 Å². The van der Waals surface area contributed by atoms with Crippen LogP contribution in [-0.2, 0) is 14.3 Å². The second kappa shape index (κ2) is 6.97. The Morgan fingerprint density at radius 1 is 1.20 bits per heavy atom. The minimum Gasteiger partial charge on any atom is -0.377 e. The Morgan fingerprint density at radius 3 is 2.53 bits per heavy atom. The molecule has 0 spiro atoms. The third kappa shape index (κ3) is 3.20. The van der Waals surface area contributed by atoms with E-state index in [4.69, 9.17) is 27.9 Å². The van der Waals surface area contributed by atoms with Crippen LogP contribution in [0.4, 0.5) is 11.4 Å². The fourth-order valence-corrected chi connectivity index (χ4v) is 4.72. The van der Waals surface area contributed by atoms with Crippen LogP contribution in [0.3, 0.4) is 0 Å². The molecule has 0 radical (unpaired) electrons. The lowest BCUT2D eigenvalue weighted by molar-refractivity contribution is -0.120. The number of rotatable bonds is 3. The first-order valence-electron chi connectivity index (χ1n) is 10.0. The zero-order chi connectivity index (χ0) is 21.2. The number of hydrogen-bond donors (Lipinski definition) is 0. The molecule has 2 atom stereocenters. The Bertz CT molecular complexity index is 1030. The maximum atomic E-state index is 13.2. The molecule has 0 N–H and O–H groups in total. The van der Waals surface area contributed by atoms with Gasteiger partial charge in [0.1, 0.15) is 4.33 Å². The number of alkyl halides is 2. The second-order valence-corrected chi connectivity index (χ2v) is 9.85. The minimum absolute atomic E-state index is 0.0585. The van der Waals surface area contributed by atoms with Crippen molar-refractivity contribution in [3.05, 3.63) is 30.6 Å². The molecule has 2 fully saturated rings. The summed E-state index contributed by atoms with van der Waals surface area (Å²) in [6.07, 6.45) is 4.24. The molecule has 0 bridgehead atoms. The van der Waals surface area contributed by atoms with Gasteiger partial charge in [-0.15, -0.1) is 23.2 Å². The van der Waals surface area contributed by atoms with E-state index in [-0.39, 0.29) is 23.9 Å². The van der Waals surface area contributed by atoms with Gasteiger partial charge in [0.2, 0.25) is 11.8 Å². The lowest BCUT2D eigenvalue weighted by atomic mass is 10.0. The number of hydrogen-bond acceptors (Lipinski definition) is 4. The standard InChI is InChI=1S/C21H22Cl2N4O3/c1-12-8-25(20(29)17-6-21(17,22)23)19-5-14(3-4-18(19)27(12)13(2)28)15-7-24-26(9-15)16-10-30-11-16/h3-5,7,9,12,16-17H,6,8,10-11H2,1-2H3. The van der Waals surface area contributed by atoms with Gasteiger partial charge in [0.05, 0.1) is 48.8 Å². The van der Waals surface area contributed by atoms with Crippen molar-refractivity contribution in [1.29, 1.82) is 0 Å². The summed E-state index contributed by atoms with van der Waals surface area (Å²) in [7, 11) is 0. The van der Waals surface area contributed by atoms with Gasteiger partial charge < -0.3 is 14.5 Å². The molecular formula is C21H22Cl2N4O3. The van der Waals surface area contributed by atoms with Gasteiger partial charge in [-0.1, -0.05) is 6.07 Å². The largest absolute Gasteiger partial charge is 0.377 e. The molecule has 1 saturated carbocycles. The molecule has 7 nitrogen and oxygen atoms in total. The SMILES string of the molecule is CC(=O)N1c2ccc(-c3cnn(C4COC4)c3)cc2N(C(=O)C2CC2(Cl)Cl)CC1C. The van der Waals surface area contributed by atoms with Crippen molar-refractivity contribution in [3.8, 4) is 11.1 Å². The molecule has 30 heavy (non-hydrogen) atoms. The molecule has 5 rings (SSSR count). The highest BCUT2D eigenvalue weighted by molar-refractivity contribution is 6.52. The molecule has 9 heteroatoms. The lowest BCUT2D eigenvalue weighted by Gasteiger charge is -2.41. The number of benzene rings is 1. The zero-order valence-corrected chi connectivity index (χ0v) is 18.2. The van der Waals surface area contributed by atoms with Crippen molar-refractivity contribution in [1.82, 2.24) is 9.78 Å². The fraction of sp³-hybridized carbons (Fsp3) is 0.476. The van der Waals surface area contributed by atoms with Gasteiger partial charge in [0.25, 0.3) is 0 Å². The number of anilines is 2. The van der Waals surface area contributed by atoms with Crippen molar-refractivity contribution in [3.63, 3.8) is 0 Å². The monoisotopic (exact) mass is 448 g/mol. The van der Waals surface area contributed by atoms with E-state index in [0.29, 0.717) is 37.6 Å². The number of nitrogens with zero attached hydrogens (tertiary/aromatic N) is 4. The summed E-state index contributed by atoms with van der Waals surface area (Å²) in [5.41, 5.74) is 3.28. The van der Waals surface area contributed by atoms with E-state index < -0.39 is 10.3 Å². The quantitative estimate of drug-likeness (QED) is 0.674. The van der Waals surface area contributed by atoms with Crippen molar-refractivity contribution in [2.24, 2.45) is 5.92 Å². The zero-order valence-electron chi connectivity index (χ0n) is 16.7. The molecule has 2 amide bonds. The lowest BCUT2D eigenvalue weighted by Crippen LogP contribution is -2.52. The average molecular weight is 449 g/mol. The Labute approximate surface area is 184 Å². The first-order valence-corrected chi connectivity index (χ1v) is 10.8. The van der Waals surface area contributed by atoms with E-state index in [1.165, 1.54) is 0 Å². The summed E-state index contributed by atoms with van der Waals surface area (Å²) < 4.78 is 6.15. The second-order valence-electron chi connectivity index (χ2n) is 8.31. The Morgan fingerprint density at radius 2 is 1.93 bits per heavy atom. The first-order chi connectivity index (χ1) is 14.3. The molecule has 3 heterocycles. The molecule has 2 unspecified atom stereocenters. The Kier molecular flexibility index (Phi) is 4.61. The number of carbonyl (C=O) groups is 2. The maximum Gasteiger partial charge on any atom is 0.233 e. The summed E-state index contributed by atoms with van der Waals surface area (Å²) in [4.78, 5) is 29.0. The topological polar surface area (TPSA) is 67.7 Å². The van der Waals surface area contributed by atoms with E-state index in [0.717, 1.165) is 11.1 Å². The molecule has 1 aromatic carbocycles. The average Bonchev–Trinajstić information content (AvgIpc) is 3.06. The maximum absolute atomic E-state index is 13.2. The van der Waals surface area contributed by atoms with Crippen LogP contribution in [0.15, 0.2) is 30.6 Å². The highest BCUT2D eigenvalue weighted by Gasteiger charge is 2.58. The smallest absolute Gasteiger partial charge is 0.233 e. The summed E-state index contributed by atoms with van der Waals surface area (Å²) >= 11 is 12.3. The molecule has 2 aromatic rings. The van der Waals surface area contributed by atoms with Gasteiger partial charge >= 0.3 is 0 Å². The molecular weight excluding hydrogens is 427 g/mol. The van der Waals surface area contributed by atoms with Gasteiger partial charge in [-0.3, -0.25) is 14.3 Å². The Hall–Kier alpha value is -2.09. The summed E-state index contributed by atoms with van der Waals surface area (Å²) in [6, 6.07) is 5.91. The number of aromatic nitrogens is 2. The highest BCUT2D eigenvalue weighted by Crippen LogP contribution is 2.55. The fourth-order valence-electron chi connectivity index (χ4n) is 4.23. The predicted octanol–water partition coefficient (Wildman–Crippen LogP) is 3.40. The summed E-state index contributed by atoms with van der Waals surface area (Å²) in [5, 5.41) is 4.45. The molecule has 2 aliphatic heterocycles. The van der Waals surface area contributed by atoms with Crippen LogP contribution in [0.25, 0.3) is 11.1 Å². The van der Waals surface area contributed by atoms with Gasteiger partial charge in [-0.2, -0.15) is 5.10 Å². The minimum atomic E-state index is -0.998. The predicted molar refractivity (Wildman–Crippen MR) is 115 cm³/mol. The summed E-state index contributed by atoms with van der Waals surface area (Å²) in [5.74, 6) is -0.581. The van der Waals surface area contributed by atoms with Crippen LogP contribution in [-0.4, -0.2) is 51.7 Å². The number of fused-ring (bicyclic) bond motifs is 1. The van der Waals surface area contributed by atoms with E-state index in [9.17, 15) is 9.59 Å². The van der Waals surface area contributed by atoms with Crippen molar-refractivity contribution in [2.75, 3.05) is 29.6 Å². The van der Waals surface area contributed by atoms with E-state index >= 15 is 0 Å². The molecule has 158 valence electrons. The third-order valence-corrected chi connectivity index (χ3v) is 6.91. The number of amides is 2. The van der Waals surface area contributed by atoms with Gasteiger partial charge in [-0.05, 0) is 31.0 Å². The highest BCUT2D eigenvalue weighted by atomic mass is 35.5. The number of carbonyl (C=O) groups excluding carboxylic acids is 2. The normalized spacial score (nSPS) is 24.9. The molecule has 1 saturated heterocycles. The van der Waals surface area contributed by atoms with Crippen molar-refractivity contribution < 1.29 is 14.3 Å². The van der Waals surface area contributed by atoms with Crippen LogP contribution in [0.5, 0.6) is 0 Å². The van der Waals surface area contributed by atoms with Gasteiger partial charge in [-0.25, -0.2) is 0 Å². The molecule has 1 aromatic heterocycles.